The first-order valence-electron chi connectivity index (χ1n) is 14.2. The Balaban J connectivity index is 1.44. The Morgan fingerprint density at radius 2 is 1.80 bits per heavy atom. The minimum atomic E-state index is -4.64. The highest BCUT2D eigenvalue weighted by Gasteiger charge is 2.37. The molecule has 2 amide bonds. The zero-order valence-electron chi connectivity index (χ0n) is 23.9. The molecule has 4 aromatic rings. The van der Waals surface area contributed by atoms with Gasteiger partial charge in [-0.15, -0.1) is 0 Å². The van der Waals surface area contributed by atoms with Crippen LogP contribution < -0.4 is 5.56 Å². The third kappa shape index (κ3) is 5.32. The molecule has 3 heterocycles. The minimum absolute atomic E-state index is 0.00912. The predicted molar refractivity (Wildman–Crippen MR) is 159 cm³/mol. The van der Waals surface area contributed by atoms with Gasteiger partial charge in [0.1, 0.15) is 12.4 Å². The molecule has 1 fully saturated rings. The number of rotatable bonds is 6. The summed E-state index contributed by atoms with van der Waals surface area (Å²) in [6.45, 7) is 1.32. The SMILES string of the molecule is C[C@H]1Cc2c(n3ncc(CC4CC4)c3n(-c3ccc(C(=O)N(C)CO)cc3)c2=O)CN1C(=O)c1ccc(Br)c(C(F)(F)F)c1. The number of amides is 2. The van der Waals surface area contributed by atoms with E-state index in [0.29, 0.717) is 34.1 Å². The fourth-order valence-electron chi connectivity index (χ4n) is 5.75. The highest BCUT2D eigenvalue weighted by Crippen LogP contribution is 2.37. The summed E-state index contributed by atoms with van der Waals surface area (Å²) in [6, 6.07) is 9.47. The average Bonchev–Trinajstić information content (AvgIpc) is 3.73. The molecule has 2 aromatic carbocycles. The number of hydrogen-bond acceptors (Lipinski definition) is 5. The van der Waals surface area contributed by atoms with Crippen LogP contribution in [0.25, 0.3) is 11.3 Å². The lowest BCUT2D eigenvalue weighted by Crippen LogP contribution is -2.46. The molecule has 9 nitrogen and oxygen atoms in total. The summed E-state index contributed by atoms with van der Waals surface area (Å²) in [7, 11) is 1.48. The van der Waals surface area contributed by atoms with Gasteiger partial charge in [-0.1, -0.05) is 15.9 Å². The van der Waals surface area contributed by atoms with Crippen molar-refractivity contribution in [1.29, 1.82) is 0 Å². The Kier molecular flexibility index (Phi) is 7.65. The smallest absolute Gasteiger partial charge is 0.376 e. The van der Waals surface area contributed by atoms with Gasteiger partial charge in [0, 0.05) is 39.8 Å². The van der Waals surface area contributed by atoms with Crippen LogP contribution in [-0.4, -0.2) is 60.7 Å². The molecule has 0 radical (unpaired) electrons. The number of carbonyl (C=O) groups excluding carboxylic acids is 2. The average molecular weight is 673 g/mol. The Hall–Kier alpha value is -3.97. The number of aliphatic hydroxyl groups is 1. The van der Waals surface area contributed by atoms with Crippen LogP contribution in [0.2, 0.25) is 0 Å². The molecule has 1 aliphatic heterocycles. The summed E-state index contributed by atoms with van der Waals surface area (Å²) in [5.41, 5.74) is 1.96. The zero-order valence-corrected chi connectivity index (χ0v) is 25.5. The van der Waals surface area contributed by atoms with E-state index in [1.165, 1.54) is 24.1 Å². The van der Waals surface area contributed by atoms with Crippen molar-refractivity contribution in [2.75, 3.05) is 13.8 Å². The highest BCUT2D eigenvalue weighted by atomic mass is 79.9. The minimum Gasteiger partial charge on any atom is -0.376 e. The first-order valence-corrected chi connectivity index (χ1v) is 15.0. The topological polar surface area (TPSA) is 100 Å². The van der Waals surface area contributed by atoms with Crippen molar-refractivity contribution >= 4 is 33.4 Å². The molecule has 44 heavy (non-hydrogen) atoms. The van der Waals surface area contributed by atoms with E-state index in [1.54, 1.807) is 46.5 Å². The van der Waals surface area contributed by atoms with Crippen molar-refractivity contribution in [2.45, 2.75) is 51.4 Å². The van der Waals surface area contributed by atoms with Gasteiger partial charge in [-0.05, 0) is 81.0 Å². The Morgan fingerprint density at radius 3 is 2.43 bits per heavy atom. The largest absolute Gasteiger partial charge is 0.417 e. The molecule has 2 aliphatic rings. The Bertz CT molecular complexity index is 1850. The normalized spacial score (nSPS) is 16.7. The van der Waals surface area contributed by atoms with Crippen molar-refractivity contribution in [3.05, 3.63) is 97.0 Å². The van der Waals surface area contributed by atoms with Gasteiger partial charge < -0.3 is 14.9 Å². The van der Waals surface area contributed by atoms with E-state index < -0.39 is 30.4 Å². The summed E-state index contributed by atoms with van der Waals surface area (Å²) in [5, 5.41) is 14.0. The van der Waals surface area contributed by atoms with E-state index >= 15 is 0 Å². The Labute approximate surface area is 258 Å². The fraction of sp³-hybridized carbons (Fsp3) is 0.355. The number of carbonyl (C=O) groups is 2. The molecule has 6 rings (SSSR count). The van der Waals surface area contributed by atoms with E-state index in [2.05, 4.69) is 21.0 Å². The third-order valence-electron chi connectivity index (χ3n) is 8.36. The maximum atomic E-state index is 14.2. The number of aromatic nitrogens is 3. The van der Waals surface area contributed by atoms with Gasteiger partial charge in [0.15, 0.2) is 0 Å². The van der Waals surface area contributed by atoms with Crippen LogP contribution in [-0.2, 0) is 25.6 Å². The van der Waals surface area contributed by atoms with E-state index in [1.807, 2.05) is 0 Å². The van der Waals surface area contributed by atoms with Crippen LogP contribution in [0.1, 0.15) is 62.9 Å². The molecule has 2 aromatic heterocycles. The maximum Gasteiger partial charge on any atom is 0.417 e. The molecular formula is C31H29BrF3N5O4. The van der Waals surface area contributed by atoms with Crippen LogP contribution in [0.15, 0.2) is 57.9 Å². The highest BCUT2D eigenvalue weighted by molar-refractivity contribution is 9.10. The molecule has 0 unspecified atom stereocenters. The second-order valence-electron chi connectivity index (χ2n) is 11.5. The van der Waals surface area contributed by atoms with Gasteiger partial charge >= 0.3 is 6.18 Å². The van der Waals surface area contributed by atoms with Crippen LogP contribution in [0.5, 0.6) is 0 Å². The molecule has 0 saturated heterocycles. The molecule has 0 bridgehead atoms. The first-order chi connectivity index (χ1) is 20.9. The van der Waals surface area contributed by atoms with E-state index in [9.17, 15) is 32.7 Å². The molecule has 0 spiro atoms. The summed E-state index contributed by atoms with van der Waals surface area (Å²) < 4.78 is 43.8. The molecule has 1 saturated carbocycles. The molecule has 1 atom stereocenters. The van der Waals surface area contributed by atoms with Gasteiger partial charge in [-0.2, -0.15) is 18.3 Å². The van der Waals surface area contributed by atoms with E-state index in [0.717, 1.165) is 35.8 Å². The lowest BCUT2D eigenvalue weighted by atomic mass is 9.97. The predicted octanol–water partition coefficient (Wildman–Crippen LogP) is 4.83. The maximum absolute atomic E-state index is 14.2. The lowest BCUT2D eigenvalue weighted by Gasteiger charge is -2.35. The van der Waals surface area contributed by atoms with Gasteiger partial charge in [0.05, 0.1) is 29.7 Å². The number of aliphatic hydroxyl groups excluding tert-OH is 1. The number of benzene rings is 2. The van der Waals surface area contributed by atoms with Crippen molar-refractivity contribution < 1.29 is 27.9 Å². The van der Waals surface area contributed by atoms with Crippen molar-refractivity contribution in [1.82, 2.24) is 24.0 Å². The van der Waals surface area contributed by atoms with Crippen LogP contribution >= 0.6 is 15.9 Å². The second kappa shape index (κ2) is 11.2. The fourth-order valence-corrected chi connectivity index (χ4v) is 6.22. The van der Waals surface area contributed by atoms with E-state index in [4.69, 9.17) is 0 Å². The monoisotopic (exact) mass is 671 g/mol. The molecule has 13 heteroatoms. The first kappa shape index (κ1) is 30.1. The van der Waals surface area contributed by atoms with Crippen LogP contribution in [0.4, 0.5) is 13.2 Å². The van der Waals surface area contributed by atoms with Gasteiger partial charge in [0.25, 0.3) is 17.4 Å². The number of hydrogen-bond donors (Lipinski definition) is 1. The van der Waals surface area contributed by atoms with E-state index in [-0.39, 0.29) is 34.5 Å². The third-order valence-corrected chi connectivity index (χ3v) is 9.05. The Morgan fingerprint density at radius 1 is 1.11 bits per heavy atom. The zero-order chi connectivity index (χ0) is 31.5. The number of nitrogens with zero attached hydrogens (tertiary/aromatic N) is 5. The molecular weight excluding hydrogens is 643 g/mol. The van der Waals surface area contributed by atoms with Crippen molar-refractivity contribution in [3.63, 3.8) is 0 Å². The summed E-state index contributed by atoms with van der Waals surface area (Å²) >= 11 is 2.93. The quantitative estimate of drug-likeness (QED) is 0.296. The summed E-state index contributed by atoms with van der Waals surface area (Å²) in [6.07, 6.45) is 0.140. The number of alkyl halides is 3. The molecule has 230 valence electrons. The number of halogens is 4. The van der Waals surface area contributed by atoms with Crippen molar-refractivity contribution in [2.24, 2.45) is 5.92 Å². The number of fused-ring (bicyclic) bond motifs is 3. The van der Waals surface area contributed by atoms with Gasteiger partial charge in [0.2, 0.25) is 0 Å². The van der Waals surface area contributed by atoms with Crippen LogP contribution in [0, 0.1) is 5.92 Å². The van der Waals surface area contributed by atoms with Gasteiger partial charge in [-0.25, -0.2) is 4.52 Å². The van der Waals surface area contributed by atoms with Gasteiger partial charge in [-0.3, -0.25) is 19.0 Å². The van der Waals surface area contributed by atoms with Crippen LogP contribution in [0.3, 0.4) is 0 Å². The molecule has 1 aliphatic carbocycles. The standard InChI is InChI=1S/C31H29BrF3N5O4/c1-17-11-23-26(15-38(17)29(43)20-7-10-25(32)24(13-20)31(33,34)35)40-27(21(14-36-40)12-18-3-4-18)39(30(23)44)22-8-5-19(6-9-22)28(42)37(2)16-41/h5-10,13-14,17-18,41H,3-4,11-12,15-16H2,1-2H3/t17-/m0/s1. The molecule has 1 N–H and O–H groups in total. The second-order valence-corrected chi connectivity index (χ2v) is 12.3. The van der Waals surface area contributed by atoms with Crippen molar-refractivity contribution in [3.8, 4) is 5.69 Å². The lowest BCUT2D eigenvalue weighted by molar-refractivity contribution is -0.138. The summed E-state index contributed by atoms with van der Waals surface area (Å²) in [5.74, 6) is -0.459. The summed E-state index contributed by atoms with van der Waals surface area (Å²) in [4.78, 5) is 43.0.